The first kappa shape index (κ1) is 19.5. The number of benzene rings is 2. The molecular weight excluding hydrogens is 397 g/mol. The average Bonchev–Trinajstić information content (AvgIpc) is 3.20. The number of nitrogens with one attached hydrogen (secondary N) is 1. The Kier molecular flexibility index (Phi) is 5.51. The zero-order chi connectivity index (χ0) is 21.0. The molecule has 2 aromatic carbocycles. The van der Waals surface area contributed by atoms with E-state index in [4.69, 9.17) is 4.74 Å². The van der Waals surface area contributed by atoms with E-state index in [0.29, 0.717) is 30.1 Å². The zero-order valence-electron chi connectivity index (χ0n) is 16.9. The number of hydrogen-bond donors (Lipinski definition) is 1. The fourth-order valence-electron chi connectivity index (χ4n) is 3.74. The van der Waals surface area contributed by atoms with Crippen LogP contribution in [0, 0.1) is 5.82 Å². The van der Waals surface area contributed by atoms with Crippen molar-refractivity contribution in [2.75, 3.05) is 25.0 Å². The second-order valence-electron chi connectivity index (χ2n) is 7.51. The lowest BCUT2D eigenvalue weighted by Crippen LogP contribution is -2.43. The second-order valence-corrected chi connectivity index (χ2v) is 7.51. The molecule has 158 valence electrons. The van der Waals surface area contributed by atoms with Crippen molar-refractivity contribution >= 4 is 22.7 Å². The summed E-state index contributed by atoms with van der Waals surface area (Å²) >= 11 is 0. The molecule has 1 aliphatic rings. The summed E-state index contributed by atoms with van der Waals surface area (Å²) < 4.78 is 20.9. The lowest BCUT2D eigenvalue weighted by molar-refractivity contribution is -0.0399. The average molecular weight is 419 g/mol. The van der Waals surface area contributed by atoms with Crippen molar-refractivity contribution in [2.45, 2.75) is 19.2 Å². The van der Waals surface area contributed by atoms with E-state index in [1.807, 2.05) is 42.5 Å². The van der Waals surface area contributed by atoms with E-state index in [1.165, 1.54) is 18.5 Å². The number of rotatable bonds is 6. The Labute approximate surface area is 178 Å². The first-order chi connectivity index (χ1) is 15.2. The van der Waals surface area contributed by atoms with Gasteiger partial charge in [0.1, 0.15) is 12.1 Å². The highest BCUT2D eigenvalue weighted by Gasteiger charge is 2.23. The minimum Gasteiger partial charge on any atom is -0.374 e. The third-order valence-corrected chi connectivity index (χ3v) is 5.26. The zero-order valence-corrected chi connectivity index (χ0v) is 16.9. The van der Waals surface area contributed by atoms with E-state index in [0.717, 1.165) is 30.9 Å². The van der Waals surface area contributed by atoms with Crippen LogP contribution in [-0.4, -0.2) is 55.7 Å². The lowest BCUT2D eigenvalue weighted by atomic mass is 10.2. The molecule has 0 unspecified atom stereocenters. The maximum atomic E-state index is 13.2. The highest BCUT2D eigenvalue weighted by Crippen LogP contribution is 2.21. The van der Waals surface area contributed by atoms with Crippen LogP contribution in [0.15, 0.2) is 60.9 Å². The Morgan fingerprint density at radius 2 is 1.90 bits per heavy atom. The lowest BCUT2D eigenvalue weighted by Gasteiger charge is -2.32. The normalized spacial score (nSPS) is 17.1. The van der Waals surface area contributed by atoms with Gasteiger partial charge >= 0.3 is 0 Å². The maximum absolute atomic E-state index is 13.2. The second kappa shape index (κ2) is 8.75. The highest BCUT2D eigenvalue weighted by atomic mass is 19.1. The Balaban J connectivity index is 1.29. The molecule has 1 fully saturated rings. The first-order valence-corrected chi connectivity index (χ1v) is 10.2. The number of anilines is 2. The first-order valence-electron chi connectivity index (χ1n) is 10.2. The topological polar surface area (TPSA) is 81.0 Å². The molecule has 0 radical (unpaired) electrons. The number of para-hydroxylation sites is 1. The predicted molar refractivity (Wildman–Crippen MR) is 114 cm³/mol. The Morgan fingerprint density at radius 3 is 2.74 bits per heavy atom. The third-order valence-electron chi connectivity index (χ3n) is 5.26. The van der Waals surface area contributed by atoms with Crippen LogP contribution in [0.2, 0.25) is 0 Å². The largest absolute Gasteiger partial charge is 0.374 e. The number of nitrogens with zero attached hydrogens (tertiary/aromatic N) is 6. The minimum absolute atomic E-state index is 0.0420. The fourth-order valence-corrected chi connectivity index (χ4v) is 3.74. The summed E-state index contributed by atoms with van der Waals surface area (Å²) in [5, 5.41) is 11.9. The Hall–Kier alpha value is -3.43. The van der Waals surface area contributed by atoms with E-state index in [1.54, 1.807) is 4.68 Å². The van der Waals surface area contributed by atoms with E-state index in [-0.39, 0.29) is 11.9 Å². The van der Waals surface area contributed by atoms with Gasteiger partial charge in [-0.15, -0.1) is 5.10 Å². The van der Waals surface area contributed by atoms with E-state index >= 15 is 0 Å². The van der Waals surface area contributed by atoms with Gasteiger partial charge in [0.2, 0.25) is 0 Å². The van der Waals surface area contributed by atoms with Crippen LogP contribution in [-0.2, 0) is 17.8 Å². The summed E-state index contributed by atoms with van der Waals surface area (Å²) in [5.41, 5.74) is 3.28. The van der Waals surface area contributed by atoms with Gasteiger partial charge in [-0.1, -0.05) is 35.5 Å². The van der Waals surface area contributed by atoms with Gasteiger partial charge in [0, 0.05) is 25.3 Å². The summed E-state index contributed by atoms with van der Waals surface area (Å²) in [6.45, 7) is 3.51. The standard InChI is InChI=1S/C22H22FN7O/c23-17-8-6-16(7-9-17)12-29-10-11-31-19(13-29)14-30-22-20(27-28-30)21(24-15-25-22)26-18-4-2-1-3-5-18/h1-9,15,19H,10-14H2,(H,24,25,26)/t19-/m0/s1. The van der Waals surface area contributed by atoms with Crippen molar-refractivity contribution in [2.24, 2.45) is 0 Å². The molecule has 1 atom stereocenters. The van der Waals surface area contributed by atoms with E-state index in [9.17, 15) is 4.39 Å². The van der Waals surface area contributed by atoms with Gasteiger partial charge in [0.05, 0.1) is 19.3 Å². The molecule has 4 aromatic rings. The number of morpholine rings is 1. The molecule has 1 saturated heterocycles. The van der Waals surface area contributed by atoms with Gasteiger partial charge in [0.15, 0.2) is 17.0 Å². The van der Waals surface area contributed by atoms with Crippen molar-refractivity contribution < 1.29 is 9.13 Å². The smallest absolute Gasteiger partial charge is 0.183 e. The minimum atomic E-state index is -0.218. The van der Waals surface area contributed by atoms with Crippen molar-refractivity contribution in [3.8, 4) is 0 Å². The van der Waals surface area contributed by atoms with Gasteiger partial charge in [-0.25, -0.2) is 19.0 Å². The summed E-state index contributed by atoms with van der Waals surface area (Å²) in [7, 11) is 0. The molecule has 1 N–H and O–H groups in total. The SMILES string of the molecule is Fc1ccc(CN2CCO[C@H](Cn3nnc4c(Nc5ccccc5)ncnc43)C2)cc1. The van der Waals surface area contributed by atoms with Crippen molar-refractivity contribution in [3.63, 3.8) is 0 Å². The molecule has 9 heteroatoms. The van der Waals surface area contributed by atoms with E-state index < -0.39 is 0 Å². The summed E-state index contributed by atoms with van der Waals surface area (Å²) in [5.74, 6) is 0.398. The summed E-state index contributed by atoms with van der Waals surface area (Å²) in [6.07, 6.45) is 1.47. The number of ether oxygens (including phenoxy) is 1. The van der Waals surface area contributed by atoms with Crippen LogP contribution in [0.3, 0.4) is 0 Å². The van der Waals surface area contributed by atoms with Gasteiger partial charge in [0.25, 0.3) is 0 Å². The number of hydrogen-bond acceptors (Lipinski definition) is 7. The van der Waals surface area contributed by atoms with Gasteiger partial charge in [-0.2, -0.15) is 0 Å². The van der Waals surface area contributed by atoms with Crippen LogP contribution in [0.1, 0.15) is 5.56 Å². The summed E-state index contributed by atoms with van der Waals surface area (Å²) in [6, 6.07) is 16.4. The van der Waals surface area contributed by atoms with Crippen LogP contribution >= 0.6 is 0 Å². The molecule has 0 spiro atoms. The molecule has 1 aliphatic heterocycles. The summed E-state index contributed by atoms with van der Waals surface area (Å²) in [4.78, 5) is 11.0. The molecule has 31 heavy (non-hydrogen) atoms. The van der Waals surface area contributed by atoms with Crippen molar-refractivity contribution in [3.05, 3.63) is 72.3 Å². The number of aromatic nitrogens is 5. The third kappa shape index (κ3) is 4.52. The Morgan fingerprint density at radius 1 is 1.06 bits per heavy atom. The molecule has 8 nitrogen and oxygen atoms in total. The molecule has 0 aliphatic carbocycles. The van der Waals surface area contributed by atoms with Crippen LogP contribution in [0.4, 0.5) is 15.9 Å². The van der Waals surface area contributed by atoms with Gasteiger partial charge in [-0.05, 0) is 29.8 Å². The maximum Gasteiger partial charge on any atom is 0.183 e. The molecule has 0 bridgehead atoms. The predicted octanol–water partition coefficient (Wildman–Crippen LogP) is 3.01. The molecule has 0 saturated carbocycles. The molecule has 5 rings (SSSR count). The highest BCUT2D eigenvalue weighted by molar-refractivity contribution is 5.84. The quantitative estimate of drug-likeness (QED) is 0.515. The Bertz CT molecular complexity index is 1150. The number of halogens is 1. The van der Waals surface area contributed by atoms with Gasteiger partial charge in [-0.3, -0.25) is 4.90 Å². The molecule has 3 heterocycles. The van der Waals surface area contributed by atoms with Crippen LogP contribution in [0.25, 0.3) is 11.2 Å². The number of fused-ring (bicyclic) bond motifs is 1. The van der Waals surface area contributed by atoms with Crippen molar-refractivity contribution in [1.82, 2.24) is 29.9 Å². The van der Waals surface area contributed by atoms with Crippen molar-refractivity contribution in [1.29, 1.82) is 0 Å². The van der Waals surface area contributed by atoms with Crippen LogP contribution in [0.5, 0.6) is 0 Å². The molecule has 0 amide bonds. The molecular formula is C22H22FN7O. The van der Waals surface area contributed by atoms with Gasteiger partial charge < -0.3 is 10.1 Å². The fraction of sp³-hybridized carbons (Fsp3) is 0.273. The molecule has 2 aromatic heterocycles. The van der Waals surface area contributed by atoms with E-state index in [2.05, 4.69) is 30.5 Å². The van der Waals surface area contributed by atoms with Crippen LogP contribution < -0.4 is 5.32 Å². The monoisotopic (exact) mass is 419 g/mol.